The fourth-order valence-electron chi connectivity index (χ4n) is 1.87. The van der Waals surface area contributed by atoms with Gasteiger partial charge in [-0.3, -0.25) is 0 Å². The first-order valence-corrected chi connectivity index (χ1v) is 5.81. The molecule has 1 heterocycles. The Labute approximate surface area is 108 Å². The first-order valence-electron chi connectivity index (χ1n) is 5.43. The molecule has 0 aromatic heterocycles. The second-order valence-corrected chi connectivity index (χ2v) is 4.30. The molecule has 1 fully saturated rings. The van der Waals surface area contributed by atoms with Crippen LogP contribution in [0.4, 0.5) is 15.8 Å². The Balaban J connectivity index is 2.26. The quantitative estimate of drug-likeness (QED) is 0.646. The average Bonchev–Trinajstić information content (AvgIpc) is 2.34. The molecule has 1 saturated heterocycles. The molecule has 6 nitrogen and oxygen atoms in total. The molecule has 0 radical (unpaired) electrons. The van der Waals surface area contributed by atoms with Crippen molar-refractivity contribution < 1.29 is 9.42 Å². The lowest BCUT2D eigenvalue weighted by atomic mass is 10.2. The van der Waals surface area contributed by atoms with Gasteiger partial charge in [-0.2, -0.15) is 0 Å². The van der Waals surface area contributed by atoms with Gasteiger partial charge < -0.3 is 10.2 Å². The van der Waals surface area contributed by atoms with Crippen molar-refractivity contribution in [2.45, 2.75) is 0 Å². The predicted octanol–water partition coefficient (Wildman–Crippen LogP) is 1.49. The molecular formula is C10H12ClFN4O2. The zero-order chi connectivity index (χ0) is 13.1. The van der Waals surface area contributed by atoms with Crippen LogP contribution in [0.3, 0.4) is 0 Å². The molecule has 18 heavy (non-hydrogen) atoms. The largest absolute Gasteiger partial charge is 0.367 e. The van der Waals surface area contributed by atoms with Crippen LogP contribution in [0.1, 0.15) is 0 Å². The van der Waals surface area contributed by atoms with E-state index >= 15 is 0 Å². The molecule has 1 aromatic carbocycles. The number of halogens is 2. The monoisotopic (exact) mass is 274 g/mol. The number of anilines is 2. The number of rotatable bonds is 3. The van der Waals surface area contributed by atoms with E-state index in [-0.39, 0.29) is 10.7 Å². The summed E-state index contributed by atoms with van der Waals surface area (Å²) in [6.45, 7) is 2.89. The Kier molecular flexibility index (Phi) is 3.83. The third-order valence-electron chi connectivity index (χ3n) is 2.71. The summed E-state index contributed by atoms with van der Waals surface area (Å²) in [6.07, 6.45) is 0. The van der Waals surface area contributed by atoms with Gasteiger partial charge in [-0.05, 0) is 6.07 Å². The van der Waals surface area contributed by atoms with Crippen LogP contribution in [0.15, 0.2) is 12.1 Å². The highest BCUT2D eigenvalue weighted by Crippen LogP contribution is 2.30. The second-order valence-electron chi connectivity index (χ2n) is 3.89. The number of nitrogens with zero attached hydrogens (tertiary/aromatic N) is 2. The van der Waals surface area contributed by atoms with Crippen molar-refractivity contribution in [3.05, 3.63) is 33.1 Å². The van der Waals surface area contributed by atoms with Crippen molar-refractivity contribution in [3.63, 3.8) is 0 Å². The molecule has 98 valence electrons. The summed E-state index contributed by atoms with van der Waals surface area (Å²) < 4.78 is 13.9. The standard InChI is InChI=1S/C10H12ClFN4O2/c11-7-5-10(15-3-1-13-2-4-15)8(12)6-9(7)14-16(17)18/h5-6,13-14H,1-4H2. The van der Waals surface area contributed by atoms with Crippen molar-refractivity contribution in [2.24, 2.45) is 0 Å². The molecule has 1 aliphatic heterocycles. The molecule has 0 aliphatic carbocycles. The Morgan fingerprint density at radius 3 is 2.72 bits per heavy atom. The van der Waals surface area contributed by atoms with Gasteiger partial charge in [0.25, 0.3) is 0 Å². The minimum Gasteiger partial charge on any atom is -0.367 e. The van der Waals surface area contributed by atoms with Crippen LogP contribution in [-0.4, -0.2) is 31.2 Å². The van der Waals surface area contributed by atoms with Crippen LogP contribution < -0.4 is 15.6 Å². The van der Waals surface area contributed by atoms with Crippen LogP contribution in [0, 0.1) is 15.9 Å². The second kappa shape index (κ2) is 5.36. The average molecular weight is 275 g/mol. The zero-order valence-electron chi connectivity index (χ0n) is 9.45. The smallest absolute Gasteiger partial charge is 0.162 e. The lowest BCUT2D eigenvalue weighted by Gasteiger charge is -2.29. The fourth-order valence-corrected chi connectivity index (χ4v) is 2.07. The number of hydrazine groups is 1. The number of nitrogens with one attached hydrogen (secondary N) is 2. The van der Waals surface area contributed by atoms with Crippen LogP contribution in [0.25, 0.3) is 0 Å². The van der Waals surface area contributed by atoms with Gasteiger partial charge in [0, 0.05) is 32.2 Å². The number of hydrogen-bond donors (Lipinski definition) is 2. The van der Waals surface area contributed by atoms with Gasteiger partial charge in [0.2, 0.25) is 0 Å². The van der Waals surface area contributed by atoms with E-state index in [1.54, 1.807) is 0 Å². The van der Waals surface area contributed by atoms with E-state index in [9.17, 15) is 14.5 Å². The van der Waals surface area contributed by atoms with Crippen molar-refractivity contribution in [2.75, 3.05) is 36.5 Å². The Bertz CT molecular complexity index is 465. The van der Waals surface area contributed by atoms with Crippen molar-refractivity contribution in [1.29, 1.82) is 0 Å². The molecule has 0 bridgehead atoms. The topological polar surface area (TPSA) is 70.4 Å². The third-order valence-corrected chi connectivity index (χ3v) is 3.02. The summed E-state index contributed by atoms with van der Waals surface area (Å²) in [4.78, 5) is 12.2. The van der Waals surface area contributed by atoms with E-state index in [0.717, 1.165) is 19.2 Å². The van der Waals surface area contributed by atoms with E-state index in [0.29, 0.717) is 18.8 Å². The van der Waals surface area contributed by atoms with Gasteiger partial charge in [0.15, 0.2) is 5.03 Å². The summed E-state index contributed by atoms with van der Waals surface area (Å²) >= 11 is 5.89. The Morgan fingerprint density at radius 2 is 2.11 bits per heavy atom. The lowest BCUT2D eigenvalue weighted by molar-refractivity contribution is -0.445. The predicted molar refractivity (Wildman–Crippen MR) is 67.1 cm³/mol. The number of hydrogen-bond acceptors (Lipinski definition) is 4. The first-order chi connectivity index (χ1) is 8.58. The van der Waals surface area contributed by atoms with E-state index in [2.05, 4.69) is 5.32 Å². The van der Waals surface area contributed by atoms with Crippen LogP contribution in [-0.2, 0) is 0 Å². The van der Waals surface area contributed by atoms with Gasteiger partial charge in [-0.15, -0.1) is 5.43 Å². The minimum absolute atomic E-state index is 0.0435. The molecule has 1 aromatic rings. The van der Waals surface area contributed by atoms with Gasteiger partial charge in [-0.1, -0.05) is 11.6 Å². The molecule has 0 atom stereocenters. The lowest BCUT2D eigenvalue weighted by Crippen LogP contribution is -2.43. The SMILES string of the molecule is O=[N+]([O-])Nc1cc(F)c(N2CCNCC2)cc1Cl. The van der Waals surface area contributed by atoms with E-state index in [4.69, 9.17) is 11.6 Å². The molecule has 0 saturated carbocycles. The van der Waals surface area contributed by atoms with Crippen molar-refractivity contribution in [1.82, 2.24) is 5.32 Å². The highest BCUT2D eigenvalue weighted by atomic mass is 35.5. The maximum absolute atomic E-state index is 13.9. The summed E-state index contributed by atoms with van der Waals surface area (Å²) in [7, 11) is 0. The summed E-state index contributed by atoms with van der Waals surface area (Å²) in [5.41, 5.74) is 2.19. The van der Waals surface area contributed by atoms with Crippen LogP contribution in [0.5, 0.6) is 0 Å². The summed E-state index contributed by atoms with van der Waals surface area (Å²) in [6, 6.07) is 2.45. The van der Waals surface area contributed by atoms with Gasteiger partial charge in [0.05, 0.1) is 10.7 Å². The number of piperazine rings is 1. The Hall–Kier alpha value is -1.60. The minimum atomic E-state index is -0.773. The highest BCUT2D eigenvalue weighted by molar-refractivity contribution is 6.33. The maximum Gasteiger partial charge on any atom is 0.162 e. The van der Waals surface area contributed by atoms with Gasteiger partial charge >= 0.3 is 0 Å². The van der Waals surface area contributed by atoms with E-state index in [1.165, 1.54) is 6.07 Å². The maximum atomic E-state index is 13.9. The molecular weight excluding hydrogens is 263 g/mol. The third kappa shape index (κ3) is 2.80. The fraction of sp³-hybridized carbons (Fsp3) is 0.400. The zero-order valence-corrected chi connectivity index (χ0v) is 10.2. The number of benzene rings is 1. The van der Waals surface area contributed by atoms with Gasteiger partial charge in [-0.25, -0.2) is 14.5 Å². The summed E-state index contributed by atoms with van der Waals surface area (Å²) in [5, 5.41) is 12.8. The molecule has 0 unspecified atom stereocenters. The van der Waals surface area contributed by atoms with Gasteiger partial charge in [0.1, 0.15) is 11.5 Å². The normalized spacial score (nSPS) is 15.6. The Morgan fingerprint density at radius 1 is 1.44 bits per heavy atom. The highest BCUT2D eigenvalue weighted by Gasteiger charge is 2.18. The van der Waals surface area contributed by atoms with E-state index < -0.39 is 10.8 Å². The van der Waals surface area contributed by atoms with Crippen LogP contribution in [0.2, 0.25) is 5.02 Å². The molecule has 8 heteroatoms. The molecule has 2 rings (SSSR count). The first kappa shape index (κ1) is 12.8. The van der Waals surface area contributed by atoms with Crippen molar-refractivity contribution >= 4 is 23.0 Å². The summed E-state index contributed by atoms with van der Waals surface area (Å²) in [5.74, 6) is -0.523. The number of nitro groups is 1. The molecule has 1 aliphatic rings. The molecule has 0 amide bonds. The van der Waals surface area contributed by atoms with Crippen molar-refractivity contribution in [3.8, 4) is 0 Å². The molecule has 2 N–H and O–H groups in total. The molecule has 0 spiro atoms. The van der Waals surface area contributed by atoms with Crippen LogP contribution >= 0.6 is 11.6 Å². The van der Waals surface area contributed by atoms with E-state index in [1.807, 2.05) is 10.3 Å².